The molecule has 0 aliphatic carbocycles. The molecule has 0 aromatic heterocycles. The van der Waals surface area contributed by atoms with Crippen LogP contribution in [0, 0.1) is 23.3 Å². The van der Waals surface area contributed by atoms with Gasteiger partial charge >= 0.3 is 47.8 Å². The predicted octanol–water partition coefficient (Wildman–Crippen LogP) is 30.6. The van der Waals surface area contributed by atoms with Crippen molar-refractivity contribution < 1.29 is 113 Å². The number of rotatable bonds is 67. The molecule has 10 aromatic carbocycles. The monoisotopic (exact) mass is 1920 g/mol. The molecule has 0 bridgehead atoms. The average molecular weight is 1920 g/mol. The average Bonchev–Trinajstić information content (AvgIpc) is 0.841. The van der Waals surface area contributed by atoms with E-state index in [1.807, 2.05) is 0 Å². The molecule has 746 valence electrons. The smallest absolute Gasteiger partial charge is 0.346 e. The van der Waals surface area contributed by atoms with Gasteiger partial charge in [0.2, 0.25) is 0 Å². The quantitative estimate of drug-likeness (QED) is 0.0149. The zero-order chi connectivity index (χ0) is 98.9. The summed E-state index contributed by atoms with van der Waals surface area (Å²) in [4.78, 5) is 104. The van der Waals surface area contributed by atoms with Gasteiger partial charge in [-0.15, -0.1) is 0 Å². The van der Waals surface area contributed by atoms with E-state index in [4.69, 9.17) is 56.8 Å². The first-order chi connectivity index (χ1) is 68.3. The maximum Gasteiger partial charge on any atom is 0.346 e. The molecule has 0 saturated carbocycles. The van der Waals surface area contributed by atoms with Crippen LogP contribution in [-0.2, 0) is 0 Å². The van der Waals surface area contributed by atoms with Gasteiger partial charge in [-0.05, 0) is 232 Å². The number of carbonyl (C=O) groups excluding carboxylic acids is 8. The molecule has 10 rings (SSSR count). The molecule has 0 radical (unpaired) electrons. The van der Waals surface area contributed by atoms with Gasteiger partial charge in [-0.1, -0.05) is 258 Å². The van der Waals surface area contributed by atoms with Gasteiger partial charge in [0.05, 0.1) is 70.9 Å². The normalized spacial score (nSPS) is 11.0. The fourth-order valence-electron chi connectivity index (χ4n) is 15.8. The van der Waals surface area contributed by atoms with E-state index in [0.29, 0.717) is 37.9 Å². The van der Waals surface area contributed by atoms with E-state index in [9.17, 15) is 47.1 Å². The highest BCUT2D eigenvalue weighted by atomic mass is 19.1. The van der Waals surface area contributed by atoms with E-state index in [2.05, 4.69) is 13.8 Å². The van der Waals surface area contributed by atoms with Crippen molar-refractivity contribution in [1.29, 1.82) is 0 Å². The summed E-state index contributed by atoms with van der Waals surface area (Å²) in [5.41, 5.74) is -0.233. The lowest BCUT2D eigenvalue weighted by molar-refractivity contribution is 0.0712. The predicted molar refractivity (Wildman–Crippen MR) is 531 cm³/mol. The maximum absolute atomic E-state index is 15.3. The molecule has 0 N–H and O–H groups in total. The van der Waals surface area contributed by atoms with E-state index >= 15 is 8.78 Å². The summed E-state index contributed by atoms with van der Waals surface area (Å²) in [6, 6.07) is 49.3. The maximum atomic E-state index is 15.3. The third-order valence-electron chi connectivity index (χ3n) is 23.9. The highest BCUT2D eigenvalue weighted by Gasteiger charge is 2.24. The Hall–Kier alpha value is -13.1. The zero-order valence-electron chi connectivity index (χ0n) is 81.0. The molecule has 0 unspecified atom stereocenters. The van der Waals surface area contributed by atoms with E-state index in [1.54, 1.807) is 48.5 Å². The lowest BCUT2D eigenvalue weighted by Gasteiger charge is -2.10. The number of carbonyl (C=O) groups is 8. The number of esters is 8. The summed E-state index contributed by atoms with van der Waals surface area (Å²) in [5, 5.41) is 0. The van der Waals surface area contributed by atoms with Crippen molar-refractivity contribution in [3.05, 3.63) is 286 Å². The van der Waals surface area contributed by atoms with Crippen molar-refractivity contribution in [2.45, 2.75) is 284 Å². The lowest BCUT2D eigenvalue weighted by atomic mass is 10.0. The number of halogens is 4. The molecule has 0 aliphatic rings. The highest BCUT2D eigenvalue weighted by Crippen LogP contribution is 2.31. The van der Waals surface area contributed by atoms with Crippen molar-refractivity contribution in [3.63, 3.8) is 0 Å². The third kappa shape index (κ3) is 40.4. The van der Waals surface area contributed by atoms with Crippen LogP contribution in [0.1, 0.15) is 366 Å². The summed E-state index contributed by atoms with van der Waals surface area (Å²) < 4.78 is 127. The van der Waals surface area contributed by atoms with Crippen LogP contribution in [0.5, 0.6) is 69.0 Å². The molecular formula is C116H134F4O20. The molecule has 24 heteroatoms. The number of hydrogen-bond donors (Lipinski definition) is 0. The summed E-state index contributed by atoms with van der Waals surface area (Å²) in [5.74, 6) is -8.52. The Bertz CT molecular complexity index is 5100. The number of unbranched alkanes of at least 4 members (excludes halogenated alkanes) is 39. The lowest BCUT2D eigenvalue weighted by Crippen LogP contribution is -2.12. The molecule has 0 amide bonds. The minimum Gasteiger partial charge on any atom is -0.494 e. The van der Waals surface area contributed by atoms with Crippen molar-refractivity contribution in [2.75, 3.05) is 26.4 Å². The van der Waals surface area contributed by atoms with Crippen LogP contribution in [0.2, 0.25) is 0 Å². The molecule has 10 aromatic rings. The Labute approximate surface area is 821 Å². The molecule has 0 saturated heterocycles. The van der Waals surface area contributed by atoms with Crippen molar-refractivity contribution >= 4 is 47.8 Å². The van der Waals surface area contributed by atoms with Crippen molar-refractivity contribution in [1.82, 2.24) is 0 Å². The highest BCUT2D eigenvalue weighted by molar-refractivity contribution is 5.96. The summed E-state index contributed by atoms with van der Waals surface area (Å²) in [6.07, 6.45) is 50.5. The molecule has 0 aliphatic heterocycles. The van der Waals surface area contributed by atoms with Crippen LogP contribution in [0.25, 0.3) is 0 Å². The minimum atomic E-state index is -1.03. The van der Waals surface area contributed by atoms with E-state index in [0.717, 1.165) is 139 Å². The fourth-order valence-corrected chi connectivity index (χ4v) is 15.8. The number of ether oxygens (including phenoxy) is 12. The summed E-state index contributed by atoms with van der Waals surface area (Å²) in [7, 11) is 0. The first kappa shape index (κ1) is 109. The van der Waals surface area contributed by atoms with Crippen LogP contribution in [0.3, 0.4) is 0 Å². The van der Waals surface area contributed by atoms with Gasteiger partial charge in [-0.25, -0.2) is 55.9 Å². The second kappa shape index (κ2) is 62.7. The van der Waals surface area contributed by atoms with Crippen LogP contribution in [0.15, 0.2) is 218 Å². The van der Waals surface area contributed by atoms with Gasteiger partial charge in [0.15, 0.2) is 23.1 Å². The van der Waals surface area contributed by atoms with Gasteiger partial charge in [-0.2, -0.15) is 0 Å². The van der Waals surface area contributed by atoms with Gasteiger partial charge < -0.3 is 56.8 Å². The second-order valence-electron chi connectivity index (χ2n) is 35.3. The topological polar surface area (TPSA) is 247 Å². The molecule has 0 heterocycles. The Morgan fingerprint density at radius 1 is 0.171 bits per heavy atom. The molecule has 0 spiro atoms. The first-order valence-corrected chi connectivity index (χ1v) is 50.4. The summed E-state index contributed by atoms with van der Waals surface area (Å²) in [6.45, 7) is 6.25. The van der Waals surface area contributed by atoms with E-state index in [-0.39, 0.29) is 90.9 Å². The Morgan fingerprint density at radius 3 is 0.579 bits per heavy atom. The van der Waals surface area contributed by atoms with Gasteiger partial charge in [-0.3, -0.25) is 0 Å². The van der Waals surface area contributed by atoms with Crippen LogP contribution in [-0.4, -0.2) is 74.2 Å². The molecule has 0 atom stereocenters. The number of benzene rings is 10. The Kier molecular flexibility index (Phi) is 48.8. The van der Waals surface area contributed by atoms with Crippen molar-refractivity contribution in [2.24, 2.45) is 0 Å². The second-order valence-corrected chi connectivity index (χ2v) is 35.3. The Morgan fingerprint density at radius 2 is 0.350 bits per heavy atom. The van der Waals surface area contributed by atoms with Crippen LogP contribution < -0.4 is 56.8 Å². The molecule has 0 fully saturated rings. The number of hydrogen-bond acceptors (Lipinski definition) is 20. The van der Waals surface area contributed by atoms with Crippen LogP contribution >= 0.6 is 0 Å². The summed E-state index contributed by atoms with van der Waals surface area (Å²) >= 11 is 0. The van der Waals surface area contributed by atoms with Gasteiger partial charge in [0, 0.05) is 12.1 Å². The van der Waals surface area contributed by atoms with E-state index in [1.165, 1.54) is 300 Å². The standard InChI is InChI=1S/C116H134F4O20/c1-3-5-7-9-11-13-15-17-19-21-23-25-31-35-39-43-79-131-107-75-53-89(81-105(107)119)113(125)135-93-59-49-87(50-60-93)109(121)133-95-63-67-97(68-64-95)137-115(127)101-73-71-99(83-103(101)117)139-111(123)85-45-55-91(56-46-85)129-77-41-37-33-29-27-28-30-34-38-42-78-130-92-57-47-86(48-58-92)112(124)140-100-72-74-102(104(118)84-100)116(128)138-98-69-65-96(66-70-98)134-110(122)88-51-61-94(62-52-88)136-114(126)90-54-76-108(106(120)82-90)132-80-44-40-36-32-26-24-22-20-18-16-14-12-10-8-6-4-2/h45-76,81-84H,3-44,77-80H2,1-2H3. The minimum absolute atomic E-state index is 0.0136. The van der Waals surface area contributed by atoms with Gasteiger partial charge in [0.1, 0.15) is 69.1 Å². The molecular weight excluding hydrogens is 1790 g/mol. The first-order valence-electron chi connectivity index (χ1n) is 50.4. The van der Waals surface area contributed by atoms with E-state index < -0.39 is 82.2 Å². The molecule has 20 nitrogen and oxygen atoms in total. The fraction of sp³-hybridized carbons (Fsp3) is 0.414. The van der Waals surface area contributed by atoms with Crippen LogP contribution in [0.4, 0.5) is 17.6 Å². The zero-order valence-corrected chi connectivity index (χ0v) is 81.0. The SMILES string of the molecule is CCCCCCCCCCCCCCCCCCOc1ccc(C(=O)Oc2ccc(C(=O)Oc3ccc(OC(=O)c4ccc(OC(=O)c5ccc(OCCCCCCCCCCCCOc6ccc(C(=O)Oc7ccc(C(=O)Oc8ccc(OC(=O)c9ccc(OC(=O)c%10ccc(OCCCCCCCCCCCCCCCCCC)c(F)c%10)cc9)cc8)c(F)c7)cc6)cc5)cc4F)cc3)cc2)cc1F. The largest absolute Gasteiger partial charge is 0.494 e. The third-order valence-corrected chi connectivity index (χ3v) is 23.9. The van der Waals surface area contributed by atoms with Gasteiger partial charge in [0.25, 0.3) is 0 Å². The molecule has 140 heavy (non-hydrogen) atoms. The Balaban J connectivity index is 0.506. The van der Waals surface area contributed by atoms with Crippen molar-refractivity contribution in [3.8, 4) is 69.0 Å².